The predicted octanol–water partition coefficient (Wildman–Crippen LogP) is 3.34. The van der Waals surface area contributed by atoms with Gasteiger partial charge >= 0.3 is 0 Å². The molecule has 0 aliphatic heterocycles. The number of carbonyl (C=O) groups excluding carboxylic acids is 1. The molecule has 3 rings (SSSR count). The lowest BCUT2D eigenvalue weighted by Crippen LogP contribution is -2.13. The molecule has 6 heteroatoms. The molecule has 1 aromatic carbocycles. The van der Waals surface area contributed by atoms with Crippen molar-refractivity contribution in [1.82, 2.24) is 15.0 Å². The van der Waals surface area contributed by atoms with E-state index in [2.05, 4.69) is 51.5 Å². The molecule has 0 radical (unpaired) electrons. The SMILES string of the molecule is CCc1cccc(Cc2cnc(NC(=O)c3cnccn3)s2)c1. The second-order valence-corrected chi connectivity index (χ2v) is 6.14. The number of aryl methyl sites for hydroxylation is 1. The second kappa shape index (κ2) is 7.11. The van der Waals surface area contributed by atoms with Crippen LogP contribution in [0.1, 0.15) is 33.4 Å². The Labute approximate surface area is 138 Å². The highest BCUT2D eigenvalue weighted by atomic mass is 32.1. The Balaban J connectivity index is 1.67. The van der Waals surface area contributed by atoms with Gasteiger partial charge in [0.15, 0.2) is 5.13 Å². The lowest BCUT2D eigenvalue weighted by atomic mass is 10.1. The van der Waals surface area contributed by atoms with Crippen LogP contribution in [0.4, 0.5) is 5.13 Å². The van der Waals surface area contributed by atoms with Gasteiger partial charge in [-0.05, 0) is 17.5 Å². The summed E-state index contributed by atoms with van der Waals surface area (Å²) in [5.74, 6) is -0.299. The van der Waals surface area contributed by atoms with E-state index >= 15 is 0 Å². The van der Waals surface area contributed by atoms with Crippen LogP contribution < -0.4 is 5.32 Å². The minimum Gasteiger partial charge on any atom is -0.296 e. The van der Waals surface area contributed by atoms with Gasteiger partial charge in [-0.3, -0.25) is 15.1 Å². The number of nitrogens with zero attached hydrogens (tertiary/aromatic N) is 3. The Hall–Kier alpha value is -2.60. The van der Waals surface area contributed by atoms with Gasteiger partial charge in [0.1, 0.15) is 5.69 Å². The minimum absolute atomic E-state index is 0.278. The van der Waals surface area contributed by atoms with E-state index in [-0.39, 0.29) is 11.6 Å². The third-order valence-electron chi connectivity index (χ3n) is 3.35. The van der Waals surface area contributed by atoms with E-state index in [1.807, 2.05) is 0 Å². The van der Waals surface area contributed by atoms with E-state index in [1.54, 1.807) is 6.20 Å². The van der Waals surface area contributed by atoms with Crippen LogP contribution in [0.25, 0.3) is 0 Å². The molecular weight excluding hydrogens is 308 g/mol. The summed E-state index contributed by atoms with van der Waals surface area (Å²) in [7, 11) is 0. The van der Waals surface area contributed by atoms with E-state index < -0.39 is 0 Å². The standard InChI is InChI=1S/C17H16N4OS/c1-2-12-4-3-5-13(8-12)9-14-10-20-17(23-14)21-16(22)15-11-18-6-7-19-15/h3-8,10-11H,2,9H2,1H3,(H,20,21,22). The van der Waals surface area contributed by atoms with Crippen LogP contribution in [-0.4, -0.2) is 20.9 Å². The van der Waals surface area contributed by atoms with E-state index in [0.717, 1.165) is 17.7 Å². The molecular formula is C17H16N4OS. The lowest BCUT2D eigenvalue weighted by Gasteiger charge is -2.02. The minimum atomic E-state index is -0.299. The van der Waals surface area contributed by atoms with Crippen molar-refractivity contribution < 1.29 is 4.79 Å². The lowest BCUT2D eigenvalue weighted by molar-refractivity contribution is 0.102. The molecule has 3 aromatic rings. The van der Waals surface area contributed by atoms with Crippen LogP contribution >= 0.6 is 11.3 Å². The number of amides is 1. The van der Waals surface area contributed by atoms with Gasteiger partial charge in [0, 0.05) is 29.9 Å². The van der Waals surface area contributed by atoms with Crippen LogP contribution in [0.3, 0.4) is 0 Å². The summed E-state index contributed by atoms with van der Waals surface area (Å²) in [6.45, 7) is 2.14. The third-order valence-corrected chi connectivity index (χ3v) is 4.26. The first kappa shape index (κ1) is 15.3. The zero-order chi connectivity index (χ0) is 16.1. The number of rotatable bonds is 5. The summed E-state index contributed by atoms with van der Waals surface area (Å²) in [6, 6.07) is 8.52. The Morgan fingerprint density at radius 3 is 2.83 bits per heavy atom. The molecule has 23 heavy (non-hydrogen) atoms. The first-order valence-electron chi connectivity index (χ1n) is 7.34. The highest BCUT2D eigenvalue weighted by Gasteiger charge is 2.10. The molecule has 0 bridgehead atoms. The van der Waals surface area contributed by atoms with E-state index in [0.29, 0.717) is 5.13 Å². The van der Waals surface area contributed by atoms with Gasteiger partial charge < -0.3 is 0 Å². The Kier molecular flexibility index (Phi) is 4.73. The highest BCUT2D eigenvalue weighted by molar-refractivity contribution is 7.15. The molecule has 1 N–H and O–H groups in total. The largest absolute Gasteiger partial charge is 0.296 e. The molecule has 1 amide bonds. The molecule has 0 unspecified atom stereocenters. The predicted molar refractivity (Wildman–Crippen MR) is 90.7 cm³/mol. The van der Waals surface area contributed by atoms with E-state index in [4.69, 9.17) is 0 Å². The third kappa shape index (κ3) is 3.98. The number of aromatic nitrogens is 3. The van der Waals surface area contributed by atoms with Crippen molar-refractivity contribution in [2.75, 3.05) is 5.32 Å². The van der Waals surface area contributed by atoms with Crippen LogP contribution in [0.5, 0.6) is 0 Å². The van der Waals surface area contributed by atoms with E-state index in [1.165, 1.54) is 41.1 Å². The summed E-state index contributed by atoms with van der Waals surface area (Å²) >= 11 is 1.47. The molecule has 0 saturated carbocycles. The van der Waals surface area contributed by atoms with E-state index in [9.17, 15) is 4.79 Å². The molecule has 0 aliphatic carbocycles. The molecule has 2 aromatic heterocycles. The quantitative estimate of drug-likeness (QED) is 0.781. The van der Waals surface area contributed by atoms with Crippen molar-refractivity contribution in [2.24, 2.45) is 0 Å². The van der Waals surface area contributed by atoms with Crippen molar-refractivity contribution in [3.05, 3.63) is 70.8 Å². The number of hydrogen-bond acceptors (Lipinski definition) is 5. The zero-order valence-electron chi connectivity index (χ0n) is 12.7. The van der Waals surface area contributed by atoms with Crippen LogP contribution in [-0.2, 0) is 12.8 Å². The summed E-state index contributed by atoms with van der Waals surface area (Å²) in [6.07, 6.45) is 8.09. The molecule has 5 nitrogen and oxygen atoms in total. The fourth-order valence-corrected chi connectivity index (χ4v) is 3.03. The second-order valence-electron chi connectivity index (χ2n) is 5.03. The summed E-state index contributed by atoms with van der Waals surface area (Å²) in [5, 5.41) is 3.32. The number of benzene rings is 1. The molecule has 0 fully saturated rings. The fraction of sp³-hybridized carbons (Fsp3) is 0.176. The molecule has 2 heterocycles. The maximum absolute atomic E-state index is 12.0. The first-order valence-corrected chi connectivity index (χ1v) is 8.16. The summed E-state index contributed by atoms with van der Waals surface area (Å²) in [4.78, 5) is 25.2. The van der Waals surface area contributed by atoms with Gasteiger partial charge in [-0.25, -0.2) is 9.97 Å². The normalized spacial score (nSPS) is 10.5. The van der Waals surface area contributed by atoms with Crippen LogP contribution in [0.2, 0.25) is 0 Å². The van der Waals surface area contributed by atoms with Crippen LogP contribution in [0, 0.1) is 0 Å². The zero-order valence-corrected chi connectivity index (χ0v) is 13.5. The average molecular weight is 324 g/mol. The summed E-state index contributed by atoms with van der Waals surface area (Å²) in [5.41, 5.74) is 2.85. The highest BCUT2D eigenvalue weighted by Crippen LogP contribution is 2.22. The molecule has 0 spiro atoms. The topological polar surface area (TPSA) is 67.8 Å². The Bertz CT molecular complexity index is 801. The Morgan fingerprint density at radius 1 is 1.17 bits per heavy atom. The molecule has 116 valence electrons. The number of carbonyl (C=O) groups is 1. The first-order chi connectivity index (χ1) is 11.2. The Morgan fingerprint density at radius 2 is 2.04 bits per heavy atom. The maximum atomic E-state index is 12.0. The maximum Gasteiger partial charge on any atom is 0.277 e. The van der Waals surface area contributed by atoms with Gasteiger partial charge in [-0.1, -0.05) is 31.2 Å². The molecule has 0 aliphatic rings. The number of nitrogens with one attached hydrogen (secondary N) is 1. The molecule has 0 saturated heterocycles. The summed E-state index contributed by atoms with van der Waals surface area (Å²) < 4.78 is 0. The van der Waals surface area contributed by atoms with Gasteiger partial charge in [0.05, 0.1) is 6.20 Å². The van der Waals surface area contributed by atoms with Crippen molar-refractivity contribution in [1.29, 1.82) is 0 Å². The van der Waals surface area contributed by atoms with Gasteiger partial charge in [0.2, 0.25) is 0 Å². The van der Waals surface area contributed by atoms with Crippen molar-refractivity contribution in [3.8, 4) is 0 Å². The number of thiazole rings is 1. The monoisotopic (exact) mass is 324 g/mol. The van der Waals surface area contributed by atoms with Crippen molar-refractivity contribution in [2.45, 2.75) is 19.8 Å². The number of anilines is 1. The number of hydrogen-bond donors (Lipinski definition) is 1. The molecule has 0 atom stereocenters. The van der Waals surface area contributed by atoms with Crippen molar-refractivity contribution in [3.63, 3.8) is 0 Å². The van der Waals surface area contributed by atoms with Gasteiger partial charge in [-0.2, -0.15) is 0 Å². The van der Waals surface area contributed by atoms with Gasteiger partial charge in [-0.15, -0.1) is 11.3 Å². The smallest absolute Gasteiger partial charge is 0.277 e. The van der Waals surface area contributed by atoms with Gasteiger partial charge in [0.25, 0.3) is 5.91 Å². The van der Waals surface area contributed by atoms with Crippen LogP contribution in [0.15, 0.2) is 49.1 Å². The average Bonchev–Trinajstić information content (AvgIpc) is 3.02. The fourth-order valence-electron chi connectivity index (χ4n) is 2.19. The van der Waals surface area contributed by atoms with Crippen molar-refractivity contribution >= 4 is 22.4 Å².